The van der Waals surface area contributed by atoms with E-state index in [0.717, 1.165) is 18.4 Å². The summed E-state index contributed by atoms with van der Waals surface area (Å²) in [4.78, 5) is 26.8. The van der Waals surface area contributed by atoms with Gasteiger partial charge in [0.25, 0.3) is 5.91 Å². The molecule has 0 saturated carbocycles. The second kappa shape index (κ2) is 8.57. The van der Waals surface area contributed by atoms with E-state index in [2.05, 4.69) is 22.4 Å². The lowest BCUT2D eigenvalue weighted by molar-refractivity contribution is -0.148. The number of nitrogens with zero attached hydrogens (tertiary/aromatic N) is 5. The third-order valence-electron chi connectivity index (χ3n) is 4.50. The first-order valence-corrected chi connectivity index (χ1v) is 9.01. The number of hydrogen-bond acceptors (Lipinski definition) is 6. The average molecular weight is 369 g/mol. The van der Waals surface area contributed by atoms with Crippen LogP contribution in [0.5, 0.6) is 0 Å². The predicted molar refractivity (Wildman–Crippen MR) is 99.1 cm³/mol. The van der Waals surface area contributed by atoms with Gasteiger partial charge in [0.1, 0.15) is 0 Å². The molecule has 3 rings (SSSR count). The first-order valence-electron chi connectivity index (χ1n) is 9.01. The molecular weight excluding hydrogens is 346 g/mol. The molecule has 2 heterocycles. The van der Waals surface area contributed by atoms with E-state index in [0.29, 0.717) is 24.8 Å². The van der Waals surface area contributed by atoms with Crippen molar-refractivity contribution in [2.75, 3.05) is 19.7 Å². The Balaban J connectivity index is 1.73. The van der Waals surface area contributed by atoms with E-state index < -0.39 is 5.97 Å². The molecule has 142 valence electrons. The summed E-state index contributed by atoms with van der Waals surface area (Å²) in [6.07, 6.45) is 3.73. The van der Waals surface area contributed by atoms with Crippen LogP contribution in [0.4, 0.5) is 0 Å². The lowest BCUT2D eigenvalue weighted by Crippen LogP contribution is -2.41. The highest BCUT2D eigenvalue weighted by Gasteiger charge is 2.24. The van der Waals surface area contributed by atoms with Gasteiger partial charge in [-0.2, -0.15) is 4.68 Å². The van der Waals surface area contributed by atoms with Gasteiger partial charge in [-0.1, -0.05) is 37.3 Å². The molecule has 2 aromatic rings. The van der Waals surface area contributed by atoms with Gasteiger partial charge in [0, 0.05) is 13.1 Å². The van der Waals surface area contributed by atoms with Crippen LogP contribution in [-0.4, -0.2) is 56.7 Å². The largest absolute Gasteiger partial charge is 0.451 e. The van der Waals surface area contributed by atoms with E-state index in [9.17, 15) is 9.59 Å². The van der Waals surface area contributed by atoms with E-state index in [1.54, 1.807) is 17.9 Å². The maximum Gasteiger partial charge on any atom is 0.357 e. The number of rotatable bonds is 5. The fourth-order valence-electron chi connectivity index (χ4n) is 3.08. The van der Waals surface area contributed by atoms with Crippen molar-refractivity contribution in [2.45, 2.75) is 26.7 Å². The summed E-state index contributed by atoms with van der Waals surface area (Å²) >= 11 is 0. The molecule has 1 atom stereocenters. The van der Waals surface area contributed by atoms with Gasteiger partial charge in [0.05, 0.1) is 0 Å². The number of carbonyl (C=O) groups is 2. The lowest BCUT2D eigenvalue weighted by atomic mass is 10.0. The molecule has 1 aliphatic heterocycles. The van der Waals surface area contributed by atoms with Crippen LogP contribution < -0.4 is 0 Å². The summed E-state index contributed by atoms with van der Waals surface area (Å²) in [6, 6.07) is 9.32. The number of likely N-dealkylation sites (tertiary alicyclic amines) is 1. The Labute approximate surface area is 157 Å². The van der Waals surface area contributed by atoms with Crippen molar-refractivity contribution in [3.05, 3.63) is 41.7 Å². The molecule has 8 nitrogen and oxygen atoms in total. The van der Waals surface area contributed by atoms with Crippen molar-refractivity contribution in [1.82, 2.24) is 25.1 Å². The van der Waals surface area contributed by atoms with Crippen LogP contribution in [0.15, 0.2) is 30.3 Å². The Kier molecular flexibility index (Phi) is 5.95. The number of piperidine rings is 1. The monoisotopic (exact) mass is 369 g/mol. The zero-order valence-corrected chi connectivity index (χ0v) is 15.5. The number of aryl methyl sites for hydroxylation is 1. The lowest BCUT2D eigenvalue weighted by Gasteiger charge is -2.30. The van der Waals surface area contributed by atoms with Crippen LogP contribution >= 0.6 is 0 Å². The van der Waals surface area contributed by atoms with Gasteiger partial charge in [-0.15, -0.1) is 5.10 Å². The van der Waals surface area contributed by atoms with Gasteiger partial charge in [0.2, 0.25) is 0 Å². The average Bonchev–Trinajstić information content (AvgIpc) is 3.10. The minimum atomic E-state index is -0.646. The molecule has 1 aromatic heterocycles. The minimum Gasteiger partial charge on any atom is -0.451 e. The van der Waals surface area contributed by atoms with Crippen molar-refractivity contribution in [2.24, 2.45) is 5.92 Å². The topological polar surface area (TPSA) is 90.2 Å². The molecule has 0 spiro atoms. The summed E-state index contributed by atoms with van der Waals surface area (Å²) in [6.45, 7) is 4.92. The van der Waals surface area contributed by atoms with Gasteiger partial charge < -0.3 is 9.64 Å². The van der Waals surface area contributed by atoms with E-state index in [1.165, 1.54) is 4.68 Å². The summed E-state index contributed by atoms with van der Waals surface area (Å²) in [5.41, 5.74) is 0.957. The molecule has 1 aliphatic rings. The summed E-state index contributed by atoms with van der Waals surface area (Å²) in [5, 5.41) is 11.3. The standard InChI is InChI=1S/C19H23N5O3/c1-14-7-6-10-23(12-14)18(25)13-27-19(26)17(24-15(2)20-21-22-24)11-16-8-4-3-5-9-16/h3-5,8-9,11,14H,6-7,10,12-13H2,1-2H3/b17-11-/t14-/m0/s1. The molecule has 27 heavy (non-hydrogen) atoms. The van der Waals surface area contributed by atoms with Gasteiger partial charge >= 0.3 is 5.97 Å². The molecule has 0 unspecified atom stereocenters. The van der Waals surface area contributed by atoms with Crippen molar-refractivity contribution in [3.63, 3.8) is 0 Å². The summed E-state index contributed by atoms with van der Waals surface area (Å²) in [5.74, 6) is 0.0937. The highest BCUT2D eigenvalue weighted by molar-refractivity contribution is 6.15. The van der Waals surface area contributed by atoms with Crippen molar-refractivity contribution < 1.29 is 14.3 Å². The third kappa shape index (κ3) is 4.78. The van der Waals surface area contributed by atoms with Crippen LogP contribution in [0.1, 0.15) is 31.2 Å². The third-order valence-corrected chi connectivity index (χ3v) is 4.50. The number of esters is 1. The smallest absolute Gasteiger partial charge is 0.357 e. The zero-order valence-electron chi connectivity index (χ0n) is 15.5. The highest BCUT2D eigenvalue weighted by Crippen LogP contribution is 2.16. The molecule has 1 aromatic carbocycles. The molecule has 0 aliphatic carbocycles. The molecule has 0 N–H and O–H groups in total. The van der Waals surface area contributed by atoms with E-state index in [-0.39, 0.29) is 18.2 Å². The number of hydrogen-bond donors (Lipinski definition) is 0. The van der Waals surface area contributed by atoms with Crippen LogP contribution in [0.3, 0.4) is 0 Å². The Morgan fingerprint density at radius 2 is 2.07 bits per heavy atom. The second-order valence-electron chi connectivity index (χ2n) is 6.74. The number of benzene rings is 1. The number of tetrazole rings is 1. The zero-order chi connectivity index (χ0) is 19.2. The van der Waals surface area contributed by atoms with Crippen molar-refractivity contribution >= 4 is 23.6 Å². The number of carbonyl (C=O) groups excluding carboxylic acids is 2. The quantitative estimate of drug-likeness (QED) is 0.589. The fourth-order valence-corrected chi connectivity index (χ4v) is 3.08. The van der Waals surface area contributed by atoms with Crippen LogP contribution in [0.25, 0.3) is 11.8 Å². The van der Waals surface area contributed by atoms with E-state index in [1.807, 2.05) is 30.3 Å². The van der Waals surface area contributed by atoms with Crippen LogP contribution in [0, 0.1) is 12.8 Å². The van der Waals surface area contributed by atoms with Gasteiger partial charge in [-0.3, -0.25) is 4.79 Å². The van der Waals surface area contributed by atoms with E-state index in [4.69, 9.17) is 4.74 Å². The van der Waals surface area contributed by atoms with Crippen molar-refractivity contribution in [1.29, 1.82) is 0 Å². The van der Waals surface area contributed by atoms with Gasteiger partial charge in [-0.05, 0) is 47.7 Å². The normalized spacial score (nSPS) is 17.6. The molecule has 8 heteroatoms. The molecular formula is C19H23N5O3. The SMILES string of the molecule is Cc1nnnn1/C(=C\c1ccccc1)C(=O)OCC(=O)N1CCC[C@H](C)C1. The molecule has 1 fully saturated rings. The maximum atomic E-state index is 12.7. The van der Waals surface area contributed by atoms with E-state index >= 15 is 0 Å². The Morgan fingerprint density at radius 1 is 1.30 bits per heavy atom. The molecule has 0 bridgehead atoms. The molecule has 1 amide bonds. The number of aromatic nitrogens is 4. The van der Waals surface area contributed by atoms with Crippen molar-refractivity contribution in [3.8, 4) is 0 Å². The Bertz CT molecular complexity index is 831. The number of ether oxygens (including phenoxy) is 1. The first kappa shape index (κ1) is 18.8. The van der Waals surface area contributed by atoms with Gasteiger partial charge in [0.15, 0.2) is 18.1 Å². The second-order valence-corrected chi connectivity index (χ2v) is 6.74. The van der Waals surface area contributed by atoms with Crippen LogP contribution in [0.2, 0.25) is 0 Å². The molecule has 1 saturated heterocycles. The van der Waals surface area contributed by atoms with Gasteiger partial charge in [-0.25, -0.2) is 4.79 Å². The predicted octanol–water partition coefficient (Wildman–Crippen LogP) is 1.78. The summed E-state index contributed by atoms with van der Waals surface area (Å²) < 4.78 is 6.60. The Hall–Kier alpha value is -3.03. The molecule has 0 radical (unpaired) electrons. The summed E-state index contributed by atoms with van der Waals surface area (Å²) in [7, 11) is 0. The first-order chi connectivity index (χ1) is 13.0. The number of amides is 1. The highest BCUT2D eigenvalue weighted by atomic mass is 16.5. The van der Waals surface area contributed by atoms with Crippen LogP contribution in [-0.2, 0) is 14.3 Å². The Morgan fingerprint density at radius 3 is 2.74 bits per heavy atom. The maximum absolute atomic E-state index is 12.7. The minimum absolute atomic E-state index is 0.156. The fraction of sp³-hybridized carbons (Fsp3) is 0.421.